The molecule has 7 heteroatoms. The SMILES string of the molecule is COc1ccc(-c2nc(Sc3ccc(Cl)cc3)c(Sc3ccc(Cl)cc3)o2)cc1. The number of aromatic nitrogens is 1. The van der Waals surface area contributed by atoms with Crippen LogP contribution in [0.3, 0.4) is 0 Å². The summed E-state index contributed by atoms with van der Waals surface area (Å²) in [5.74, 6) is 1.34. The van der Waals surface area contributed by atoms with Gasteiger partial charge in [0.05, 0.1) is 7.11 Å². The molecule has 4 aromatic rings. The molecule has 0 fully saturated rings. The first-order chi connectivity index (χ1) is 14.1. The van der Waals surface area contributed by atoms with Crippen LogP contribution in [0.25, 0.3) is 11.5 Å². The zero-order chi connectivity index (χ0) is 20.2. The highest BCUT2D eigenvalue weighted by atomic mass is 35.5. The van der Waals surface area contributed by atoms with Gasteiger partial charge in [0.1, 0.15) is 5.75 Å². The van der Waals surface area contributed by atoms with Crippen molar-refractivity contribution in [3.63, 3.8) is 0 Å². The Morgan fingerprint density at radius 3 is 1.86 bits per heavy atom. The van der Waals surface area contributed by atoms with E-state index in [4.69, 9.17) is 37.3 Å². The Bertz CT molecular complexity index is 1030. The molecule has 1 aromatic heterocycles. The monoisotopic (exact) mass is 459 g/mol. The topological polar surface area (TPSA) is 35.3 Å². The molecule has 0 saturated heterocycles. The van der Waals surface area contributed by atoms with Crippen LogP contribution in [0.2, 0.25) is 10.0 Å². The Hall–Kier alpha value is -2.05. The highest BCUT2D eigenvalue weighted by Gasteiger charge is 2.17. The molecule has 0 radical (unpaired) electrons. The fraction of sp³-hybridized carbons (Fsp3) is 0.0455. The molecule has 0 saturated carbocycles. The smallest absolute Gasteiger partial charge is 0.228 e. The normalized spacial score (nSPS) is 10.9. The van der Waals surface area contributed by atoms with E-state index in [-0.39, 0.29) is 0 Å². The molecule has 146 valence electrons. The molecule has 0 atom stereocenters. The van der Waals surface area contributed by atoms with Crippen LogP contribution < -0.4 is 4.74 Å². The number of nitrogens with zero attached hydrogens (tertiary/aromatic N) is 1. The van der Waals surface area contributed by atoms with Crippen molar-refractivity contribution in [3.8, 4) is 17.2 Å². The maximum atomic E-state index is 6.14. The summed E-state index contributed by atoms with van der Waals surface area (Å²) in [6, 6.07) is 22.9. The quantitative estimate of drug-likeness (QED) is 0.292. The van der Waals surface area contributed by atoms with Gasteiger partial charge in [-0.3, -0.25) is 0 Å². The van der Waals surface area contributed by atoms with Crippen LogP contribution in [0.4, 0.5) is 0 Å². The van der Waals surface area contributed by atoms with Gasteiger partial charge in [0.2, 0.25) is 5.89 Å². The van der Waals surface area contributed by atoms with Crippen molar-refractivity contribution in [2.75, 3.05) is 7.11 Å². The van der Waals surface area contributed by atoms with Gasteiger partial charge in [-0.05, 0) is 84.6 Å². The lowest BCUT2D eigenvalue weighted by Gasteiger charge is -2.02. The molecule has 1 heterocycles. The molecule has 0 N–H and O–H groups in total. The largest absolute Gasteiger partial charge is 0.497 e. The van der Waals surface area contributed by atoms with Gasteiger partial charge in [-0.25, -0.2) is 4.98 Å². The lowest BCUT2D eigenvalue weighted by atomic mass is 10.2. The lowest BCUT2D eigenvalue weighted by Crippen LogP contribution is -1.82. The fourth-order valence-electron chi connectivity index (χ4n) is 2.50. The Balaban J connectivity index is 1.68. The van der Waals surface area contributed by atoms with Crippen molar-refractivity contribution in [2.24, 2.45) is 0 Å². The lowest BCUT2D eigenvalue weighted by molar-refractivity contribution is 0.414. The molecule has 3 nitrogen and oxygen atoms in total. The summed E-state index contributed by atoms with van der Waals surface area (Å²) in [7, 11) is 1.64. The van der Waals surface area contributed by atoms with Gasteiger partial charge in [-0.15, -0.1) is 0 Å². The van der Waals surface area contributed by atoms with Crippen molar-refractivity contribution in [2.45, 2.75) is 19.9 Å². The number of benzene rings is 3. The van der Waals surface area contributed by atoms with E-state index < -0.39 is 0 Å². The molecule has 29 heavy (non-hydrogen) atoms. The van der Waals surface area contributed by atoms with Crippen LogP contribution in [0.5, 0.6) is 5.75 Å². The third-order valence-electron chi connectivity index (χ3n) is 3.96. The summed E-state index contributed by atoms with van der Waals surface area (Å²) in [4.78, 5) is 6.79. The molecule has 4 rings (SSSR count). The van der Waals surface area contributed by atoms with E-state index in [1.54, 1.807) is 7.11 Å². The molecule has 3 aromatic carbocycles. The Morgan fingerprint density at radius 2 is 1.31 bits per heavy atom. The second-order valence-corrected chi connectivity index (χ2v) is 8.93. The first kappa shape index (κ1) is 20.2. The molecule has 0 spiro atoms. The van der Waals surface area contributed by atoms with E-state index in [1.165, 1.54) is 23.5 Å². The average molecular weight is 460 g/mol. The van der Waals surface area contributed by atoms with Crippen LogP contribution >= 0.6 is 46.7 Å². The van der Waals surface area contributed by atoms with E-state index in [1.807, 2.05) is 72.8 Å². The van der Waals surface area contributed by atoms with E-state index in [2.05, 4.69) is 0 Å². The van der Waals surface area contributed by atoms with E-state index in [0.717, 1.165) is 31.2 Å². The molecule has 0 aliphatic carbocycles. The molecule has 0 bridgehead atoms. The van der Waals surface area contributed by atoms with Crippen LogP contribution in [-0.4, -0.2) is 12.1 Å². The molecular formula is C22H15Cl2NO2S2. The number of hydrogen-bond donors (Lipinski definition) is 0. The second-order valence-electron chi connectivity index (χ2n) is 5.95. The van der Waals surface area contributed by atoms with E-state index >= 15 is 0 Å². The van der Waals surface area contributed by atoms with Crippen molar-refractivity contribution in [1.29, 1.82) is 0 Å². The number of methoxy groups -OCH3 is 1. The number of hydrogen-bond acceptors (Lipinski definition) is 5. The third kappa shape index (κ3) is 5.11. The maximum absolute atomic E-state index is 6.14. The predicted octanol–water partition coefficient (Wildman–Crippen LogP) is 7.96. The summed E-state index contributed by atoms with van der Waals surface area (Å²) in [6.07, 6.45) is 0. The fourth-order valence-corrected chi connectivity index (χ4v) is 4.49. The zero-order valence-corrected chi connectivity index (χ0v) is 18.4. The number of ether oxygens (including phenoxy) is 1. The molecule has 0 aliphatic rings. The molecule has 0 unspecified atom stereocenters. The predicted molar refractivity (Wildman–Crippen MR) is 120 cm³/mol. The number of oxazole rings is 1. The summed E-state index contributed by atoms with van der Waals surface area (Å²) in [5, 5.41) is 2.90. The van der Waals surface area contributed by atoms with Crippen molar-refractivity contribution < 1.29 is 9.15 Å². The third-order valence-corrected chi connectivity index (χ3v) is 6.54. The average Bonchev–Trinajstić information content (AvgIpc) is 3.13. The minimum absolute atomic E-state index is 0.556. The first-order valence-corrected chi connectivity index (χ1v) is 11.0. The van der Waals surface area contributed by atoms with Gasteiger partial charge in [-0.2, -0.15) is 0 Å². The molecule has 0 amide bonds. The van der Waals surface area contributed by atoms with Crippen LogP contribution in [0, 0.1) is 0 Å². The minimum Gasteiger partial charge on any atom is -0.497 e. The number of halogens is 2. The summed E-state index contributed by atoms with van der Waals surface area (Å²) >= 11 is 15.1. The highest BCUT2D eigenvalue weighted by Crippen LogP contribution is 2.41. The maximum Gasteiger partial charge on any atom is 0.228 e. The van der Waals surface area contributed by atoms with Gasteiger partial charge in [-0.1, -0.05) is 35.0 Å². The summed E-state index contributed by atoms with van der Waals surface area (Å²) < 4.78 is 11.4. The van der Waals surface area contributed by atoms with E-state index in [0.29, 0.717) is 15.9 Å². The summed E-state index contributed by atoms with van der Waals surface area (Å²) in [5.41, 5.74) is 0.881. The standard InChI is InChI=1S/C22H15Cl2NO2S2/c1-26-17-8-2-14(3-9-17)20-25-21(28-18-10-4-15(23)5-11-18)22(27-20)29-19-12-6-16(24)7-13-19/h2-13H,1H3. The van der Waals surface area contributed by atoms with Gasteiger partial charge in [0.25, 0.3) is 0 Å². The van der Waals surface area contributed by atoms with Crippen molar-refractivity contribution in [3.05, 3.63) is 82.8 Å². The number of rotatable bonds is 6. The molecule has 0 aliphatic heterocycles. The highest BCUT2D eigenvalue weighted by molar-refractivity contribution is 8.02. The van der Waals surface area contributed by atoms with Crippen molar-refractivity contribution >= 4 is 46.7 Å². The van der Waals surface area contributed by atoms with Gasteiger partial charge >= 0.3 is 0 Å². The van der Waals surface area contributed by atoms with Crippen molar-refractivity contribution in [1.82, 2.24) is 4.98 Å². The van der Waals surface area contributed by atoms with Gasteiger partial charge in [0.15, 0.2) is 10.1 Å². The first-order valence-electron chi connectivity index (χ1n) is 8.63. The van der Waals surface area contributed by atoms with Crippen LogP contribution in [-0.2, 0) is 0 Å². The van der Waals surface area contributed by atoms with Gasteiger partial charge < -0.3 is 9.15 Å². The van der Waals surface area contributed by atoms with Crippen LogP contribution in [0.1, 0.15) is 0 Å². The van der Waals surface area contributed by atoms with E-state index in [9.17, 15) is 0 Å². The minimum atomic E-state index is 0.556. The van der Waals surface area contributed by atoms with Gasteiger partial charge in [0, 0.05) is 25.4 Å². The van der Waals surface area contributed by atoms with Crippen LogP contribution in [0.15, 0.2) is 97.1 Å². The molecular weight excluding hydrogens is 445 g/mol. The Morgan fingerprint density at radius 1 is 0.759 bits per heavy atom. The Kier molecular flexibility index (Phi) is 6.40. The Labute approximate surface area is 187 Å². The zero-order valence-electron chi connectivity index (χ0n) is 15.3. The second kappa shape index (κ2) is 9.18. The summed E-state index contributed by atoms with van der Waals surface area (Å²) in [6.45, 7) is 0.